The van der Waals surface area contributed by atoms with Crippen LogP contribution in [0.5, 0.6) is 0 Å². The minimum atomic E-state index is -0.548. The van der Waals surface area contributed by atoms with Gasteiger partial charge in [-0.15, -0.1) is 0 Å². The number of anilines is 1. The van der Waals surface area contributed by atoms with E-state index in [1.165, 1.54) is 57.8 Å². The Balaban J connectivity index is 1.78. The van der Waals surface area contributed by atoms with E-state index >= 15 is 0 Å². The molecule has 0 bridgehead atoms. The van der Waals surface area contributed by atoms with Crippen LogP contribution in [0, 0.1) is 5.92 Å². The molecule has 0 radical (unpaired) electrons. The summed E-state index contributed by atoms with van der Waals surface area (Å²) in [4.78, 5) is 27.9. The largest absolute Gasteiger partial charge is 0.342 e. The molecule has 0 aliphatic carbocycles. The summed E-state index contributed by atoms with van der Waals surface area (Å²) in [6.07, 6.45) is 13.5. The van der Waals surface area contributed by atoms with Crippen molar-refractivity contribution in [2.75, 3.05) is 18.4 Å². The first-order valence-electron chi connectivity index (χ1n) is 13.6. The maximum absolute atomic E-state index is 13.1. The molecule has 4 nitrogen and oxygen atoms in total. The molecular weight excluding hydrogens is 408 g/mol. The summed E-state index contributed by atoms with van der Waals surface area (Å²) in [7, 11) is 0. The maximum atomic E-state index is 13.1. The summed E-state index contributed by atoms with van der Waals surface area (Å²) >= 11 is 0. The van der Waals surface area contributed by atoms with E-state index in [0.717, 1.165) is 29.8 Å². The normalized spacial score (nSPS) is 16.3. The highest BCUT2D eigenvalue weighted by molar-refractivity contribution is 6.08. The second kappa shape index (κ2) is 14.4. The summed E-state index contributed by atoms with van der Waals surface area (Å²) in [5, 5.41) is 3.16. The molecule has 186 valence electrons. The van der Waals surface area contributed by atoms with Gasteiger partial charge in [-0.25, -0.2) is 0 Å². The molecule has 33 heavy (non-hydrogen) atoms. The number of carbonyl (C=O) groups is 2. The number of likely N-dealkylation sites (tertiary alicyclic amines) is 1. The van der Waals surface area contributed by atoms with Crippen LogP contribution in [0.25, 0.3) is 0 Å². The van der Waals surface area contributed by atoms with E-state index in [-0.39, 0.29) is 11.8 Å². The van der Waals surface area contributed by atoms with Crippen molar-refractivity contribution in [3.05, 3.63) is 29.3 Å². The molecule has 1 unspecified atom stereocenters. The lowest BCUT2D eigenvalue weighted by Gasteiger charge is -2.21. The standard InChI is InChI=1S/C29H48N2O2/c1-6-7-8-9-10-11-12-13-14-15-20-31-21-19-26(29(31)33)28(32)30-27-24(22(2)3)17-16-18-25(27)23(4)5/h16-18,22-23,26H,6-15,19-21H2,1-5H3,(H,30,32). The smallest absolute Gasteiger partial charge is 0.237 e. The highest BCUT2D eigenvalue weighted by Gasteiger charge is 2.37. The average molecular weight is 457 g/mol. The van der Waals surface area contributed by atoms with E-state index in [1.807, 2.05) is 4.90 Å². The van der Waals surface area contributed by atoms with Gasteiger partial charge in [-0.05, 0) is 35.8 Å². The minimum Gasteiger partial charge on any atom is -0.342 e. The predicted molar refractivity (Wildman–Crippen MR) is 140 cm³/mol. The summed E-state index contributed by atoms with van der Waals surface area (Å²) < 4.78 is 0. The lowest BCUT2D eigenvalue weighted by Crippen LogP contribution is -2.34. The first-order chi connectivity index (χ1) is 15.9. The highest BCUT2D eigenvalue weighted by atomic mass is 16.2. The summed E-state index contributed by atoms with van der Waals surface area (Å²) in [6, 6.07) is 6.23. The fourth-order valence-electron chi connectivity index (χ4n) is 4.90. The molecule has 1 aliphatic heterocycles. The van der Waals surface area contributed by atoms with Gasteiger partial charge < -0.3 is 10.2 Å². The Morgan fingerprint density at radius 3 is 1.94 bits per heavy atom. The van der Waals surface area contributed by atoms with Crippen molar-refractivity contribution < 1.29 is 9.59 Å². The number of nitrogens with zero attached hydrogens (tertiary/aromatic N) is 1. The van der Waals surface area contributed by atoms with Crippen molar-refractivity contribution in [2.45, 2.75) is 117 Å². The molecule has 1 fully saturated rings. The Morgan fingerprint density at radius 1 is 0.909 bits per heavy atom. The Hall–Kier alpha value is -1.84. The number of benzene rings is 1. The van der Waals surface area contributed by atoms with Crippen LogP contribution >= 0.6 is 0 Å². The number of nitrogens with one attached hydrogen (secondary N) is 1. The molecule has 0 spiro atoms. The zero-order valence-corrected chi connectivity index (χ0v) is 21.9. The fraction of sp³-hybridized carbons (Fsp3) is 0.724. The van der Waals surface area contributed by atoms with Gasteiger partial charge in [-0.1, -0.05) is 111 Å². The second-order valence-corrected chi connectivity index (χ2v) is 10.5. The average Bonchev–Trinajstić information content (AvgIpc) is 3.15. The van der Waals surface area contributed by atoms with Gasteiger partial charge in [0.15, 0.2) is 0 Å². The number of carbonyl (C=O) groups excluding carboxylic acids is 2. The fourth-order valence-corrected chi connectivity index (χ4v) is 4.90. The predicted octanol–water partition coefficient (Wildman–Crippen LogP) is 7.64. The van der Waals surface area contributed by atoms with Crippen LogP contribution in [0.3, 0.4) is 0 Å². The summed E-state index contributed by atoms with van der Waals surface area (Å²) in [5.41, 5.74) is 3.19. The van der Waals surface area contributed by atoms with Gasteiger partial charge in [-0.2, -0.15) is 0 Å². The lowest BCUT2D eigenvalue weighted by molar-refractivity contribution is -0.135. The Morgan fingerprint density at radius 2 is 1.42 bits per heavy atom. The molecule has 1 aliphatic rings. The molecular formula is C29H48N2O2. The summed E-state index contributed by atoms with van der Waals surface area (Å²) in [5.74, 6) is -0.0530. The van der Waals surface area contributed by atoms with Crippen molar-refractivity contribution in [1.82, 2.24) is 4.90 Å². The number of hydrogen-bond acceptors (Lipinski definition) is 2. The molecule has 1 atom stereocenters. The van der Waals surface area contributed by atoms with Crippen LogP contribution in [0.2, 0.25) is 0 Å². The van der Waals surface area contributed by atoms with Gasteiger partial charge in [0.05, 0.1) is 0 Å². The van der Waals surface area contributed by atoms with Gasteiger partial charge in [0, 0.05) is 18.8 Å². The van der Waals surface area contributed by atoms with Gasteiger partial charge in [-0.3, -0.25) is 9.59 Å². The third-order valence-corrected chi connectivity index (χ3v) is 7.02. The molecule has 2 amide bonds. The van der Waals surface area contributed by atoms with Crippen molar-refractivity contribution in [3.8, 4) is 0 Å². The van der Waals surface area contributed by atoms with Crippen molar-refractivity contribution in [2.24, 2.45) is 5.92 Å². The Bertz CT molecular complexity index is 715. The molecule has 0 aromatic heterocycles. The zero-order chi connectivity index (χ0) is 24.2. The van der Waals surface area contributed by atoms with Crippen LogP contribution in [-0.4, -0.2) is 29.8 Å². The first kappa shape index (κ1) is 27.4. The molecule has 1 aromatic rings. The van der Waals surface area contributed by atoms with Gasteiger partial charge in [0.25, 0.3) is 0 Å². The van der Waals surface area contributed by atoms with Crippen LogP contribution in [0.4, 0.5) is 5.69 Å². The van der Waals surface area contributed by atoms with Crippen LogP contribution < -0.4 is 5.32 Å². The third kappa shape index (κ3) is 8.46. The topological polar surface area (TPSA) is 49.4 Å². The summed E-state index contributed by atoms with van der Waals surface area (Å²) in [6.45, 7) is 12.3. The van der Waals surface area contributed by atoms with E-state index in [0.29, 0.717) is 24.8 Å². The van der Waals surface area contributed by atoms with Crippen molar-refractivity contribution in [1.29, 1.82) is 0 Å². The van der Waals surface area contributed by atoms with Crippen LogP contribution in [0.1, 0.15) is 128 Å². The molecule has 2 rings (SSSR count). The second-order valence-electron chi connectivity index (χ2n) is 10.5. The molecule has 1 saturated heterocycles. The van der Waals surface area contributed by atoms with Gasteiger partial charge >= 0.3 is 0 Å². The SMILES string of the molecule is CCCCCCCCCCCCN1CCC(C(=O)Nc2c(C(C)C)cccc2C(C)C)C1=O. The Kier molecular flexibility index (Phi) is 12.0. The first-order valence-corrected chi connectivity index (χ1v) is 13.6. The number of para-hydroxylation sites is 1. The molecule has 0 saturated carbocycles. The number of unbranched alkanes of at least 4 members (excludes halogenated alkanes) is 9. The van der Waals surface area contributed by atoms with Gasteiger partial charge in [0.2, 0.25) is 11.8 Å². The maximum Gasteiger partial charge on any atom is 0.237 e. The van der Waals surface area contributed by atoms with E-state index in [1.54, 1.807) is 0 Å². The number of rotatable bonds is 15. The van der Waals surface area contributed by atoms with E-state index in [9.17, 15) is 9.59 Å². The zero-order valence-electron chi connectivity index (χ0n) is 21.9. The Labute approximate surface area is 202 Å². The minimum absolute atomic E-state index is 0.0107. The van der Waals surface area contributed by atoms with E-state index in [4.69, 9.17) is 0 Å². The van der Waals surface area contributed by atoms with Crippen molar-refractivity contribution >= 4 is 17.5 Å². The highest BCUT2D eigenvalue weighted by Crippen LogP contribution is 2.33. The lowest BCUT2D eigenvalue weighted by atomic mass is 9.92. The van der Waals surface area contributed by atoms with Crippen molar-refractivity contribution in [3.63, 3.8) is 0 Å². The van der Waals surface area contributed by atoms with Crippen LogP contribution in [0.15, 0.2) is 18.2 Å². The van der Waals surface area contributed by atoms with E-state index < -0.39 is 5.92 Å². The monoisotopic (exact) mass is 456 g/mol. The van der Waals surface area contributed by atoms with Crippen LogP contribution in [-0.2, 0) is 9.59 Å². The molecule has 1 aromatic carbocycles. The number of amides is 2. The number of hydrogen-bond donors (Lipinski definition) is 1. The quantitative estimate of drug-likeness (QED) is 0.218. The molecule has 1 N–H and O–H groups in total. The van der Waals surface area contributed by atoms with E-state index in [2.05, 4.69) is 58.1 Å². The third-order valence-electron chi connectivity index (χ3n) is 7.02. The molecule has 4 heteroatoms. The van der Waals surface area contributed by atoms with Gasteiger partial charge in [0.1, 0.15) is 5.92 Å². The molecule has 1 heterocycles.